The lowest BCUT2D eigenvalue weighted by molar-refractivity contribution is -0.790. The van der Waals surface area contributed by atoms with Crippen molar-refractivity contribution in [3.05, 3.63) is 37.9 Å². The number of fused-ring (bicyclic) bond motifs is 1. The molecule has 2 unspecified atom stereocenters. The maximum atomic E-state index is 13.3. The minimum atomic E-state index is -4.99. The van der Waals surface area contributed by atoms with Crippen molar-refractivity contribution in [2.24, 2.45) is 5.14 Å². The smallest absolute Gasteiger partial charge is 0.368 e. The summed E-state index contributed by atoms with van der Waals surface area (Å²) >= 11 is 0.816. The van der Waals surface area contributed by atoms with E-state index < -0.39 is 55.7 Å². The van der Waals surface area contributed by atoms with Crippen LogP contribution in [0.3, 0.4) is 0 Å². The molecule has 1 aliphatic rings. The number of rotatable bonds is 9. The van der Waals surface area contributed by atoms with Gasteiger partial charge >= 0.3 is 6.18 Å². The van der Waals surface area contributed by atoms with Crippen LogP contribution in [0, 0.1) is 20.2 Å². The molecule has 2 atom stereocenters. The number of nitrogens with zero attached hydrogens (tertiary/aromatic N) is 2. The first kappa shape index (κ1) is 23.7. The summed E-state index contributed by atoms with van der Waals surface area (Å²) < 4.78 is 65.6. The van der Waals surface area contributed by atoms with Crippen molar-refractivity contribution in [1.82, 2.24) is 4.72 Å². The Kier molecular flexibility index (Phi) is 7.16. The quantitative estimate of drug-likeness (QED) is 0.264. The summed E-state index contributed by atoms with van der Waals surface area (Å²) in [6.07, 6.45) is -7.11. The lowest BCUT2D eigenvalue weighted by Gasteiger charge is -2.29. The van der Waals surface area contributed by atoms with Crippen molar-refractivity contribution in [3.63, 3.8) is 0 Å². The predicted molar refractivity (Wildman–Crippen MR) is 93.3 cm³/mol. The number of alkyl halides is 3. The molecule has 1 aromatic carbocycles. The van der Waals surface area contributed by atoms with Crippen LogP contribution in [0.2, 0.25) is 0 Å². The van der Waals surface area contributed by atoms with Crippen molar-refractivity contribution in [3.8, 4) is 0 Å². The van der Waals surface area contributed by atoms with Gasteiger partial charge in [0.15, 0.2) is 0 Å². The van der Waals surface area contributed by atoms with E-state index >= 15 is 0 Å². The van der Waals surface area contributed by atoms with E-state index in [4.69, 9.17) is 5.14 Å². The number of benzene rings is 1. The predicted octanol–water partition coefficient (Wildman–Crippen LogP) is 1.27. The third-order valence-electron chi connectivity index (χ3n) is 3.71. The summed E-state index contributed by atoms with van der Waals surface area (Å²) in [5.41, 5.74) is -1.50. The molecule has 0 saturated carbocycles. The second-order valence-electron chi connectivity index (χ2n) is 5.85. The van der Waals surface area contributed by atoms with Gasteiger partial charge in [-0.15, -0.1) is 20.2 Å². The minimum absolute atomic E-state index is 0.0321. The van der Waals surface area contributed by atoms with Gasteiger partial charge in [0.2, 0.25) is 10.0 Å². The topological polar surface area (TPSA) is 189 Å². The van der Waals surface area contributed by atoms with Gasteiger partial charge < -0.3 is 15.0 Å². The van der Waals surface area contributed by atoms with Crippen molar-refractivity contribution in [1.29, 1.82) is 0 Å². The van der Waals surface area contributed by atoms with Crippen molar-refractivity contribution in [2.45, 2.75) is 41.1 Å². The summed E-state index contributed by atoms with van der Waals surface area (Å²) in [4.78, 5) is 28.1. The van der Waals surface area contributed by atoms with Crippen LogP contribution in [0.15, 0.2) is 21.9 Å². The zero-order chi connectivity index (χ0) is 22.7. The maximum absolute atomic E-state index is 13.3. The van der Waals surface area contributed by atoms with Gasteiger partial charge in [-0.3, -0.25) is 0 Å². The highest BCUT2D eigenvalue weighted by atomic mass is 32.2. The van der Waals surface area contributed by atoms with Gasteiger partial charge in [-0.25, -0.2) is 18.3 Å². The van der Waals surface area contributed by atoms with Crippen molar-refractivity contribution in [2.75, 3.05) is 11.9 Å². The molecule has 2 rings (SSSR count). The van der Waals surface area contributed by atoms with Crippen LogP contribution in [-0.2, 0) is 25.9 Å². The van der Waals surface area contributed by atoms with Crippen LogP contribution in [0.5, 0.6) is 0 Å². The molecular weight excluding hydrogens is 463 g/mol. The highest BCUT2D eigenvalue weighted by Gasteiger charge is 2.38. The van der Waals surface area contributed by atoms with E-state index in [0.717, 1.165) is 18.0 Å². The molecular formula is C12H14F3N5O8S2. The highest BCUT2D eigenvalue weighted by Crippen LogP contribution is 2.41. The molecule has 0 amide bonds. The normalized spacial score (nSPS) is 17.4. The molecule has 13 nitrogen and oxygen atoms in total. The summed E-state index contributed by atoms with van der Waals surface area (Å²) in [7, 11) is -4.65. The lowest BCUT2D eigenvalue weighted by atomic mass is 10.1. The third kappa shape index (κ3) is 6.47. The first-order valence-electron chi connectivity index (χ1n) is 7.82. The van der Waals surface area contributed by atoms with Crippen LogP contribution in [0.25, 0.3) is 0 Å². The monoisotopic (exact) mass is 477 g/mol. The molecule has 0 radical (unpaired) electrons. The van der Waals surface area contributed by atoms with Gasteiger partial charge in [0.1, 0.15) is 12.7 Å². The van der Waals surface area contributed by atoms with Gasteiger partial charge in [0, 0.05) is 4.90 Å². The average Bonchev–Trinajstić information content (AvgIpc) is 2.60. The van der Waals surface area contributed by atoms with E-state index in [9.17, 15) is 41.8 Å². The number of primary sulfonamides is 1. The fourth-order valence-electron chi connectivity index (χ4n) is 2.48. The van der Waals surface area contributed by atoms with E-state index in [2.05, 4.69) is 19.7 Å². The van der Waals surface area contributed by atoms with E-state index in [0.29, 0.717) is 6.07 Å². The first-order chi connectivity index (χ1) is 13.8. The van der Waals surface area contributed by atoms with Crippen molar-refractivity contribution >= 4 is 27.7 Å². The van der Waals surface area contributed by atoms with Crippen LogP contribution in [0.4, 0.5) is 18.9 Å². The molecule has 0 aliphatic carbocycles. The minimum Gasteiger partial charge on any atom is -0.368 e. The first-order valence-corrected chi connectivity index (χ1v) is 10.2. The standard InChI is InChI=1S/C12H14F3N5O8S2/c13-12(14,15)7-3-8-9(4-10(7)30(16,25)26)29-18-11(17-8)2-1-6(28-20(23)24)5-27-19(21)22/h3-4,6,11,17-18H,1-2,5H2,(H2,16,25,26). The summed E-state index contributed by atoms with van der Waals surface area (Å²) in [5.74, 6) is 0. The molecule has 0 spiro atoms. The molecule has 0 saturated heterocycles. The van der Waals surface area contributed by atoms with E-state index in [1.165, 1.54) is 0 Å². The molecule has 18 heteroatoms. The summed E-state index contributed by atoms with van der Waals surface area (Å²) in [6, 6.07) is 1.37. The van der Waals surface area contributed by atoms with Gasteiger partial charge in [0.05, 0.1) is 22.3 Å². The largest absolute Gasteiger partial charge is 0.417 e. The average molecular weight is 477 g/mol. The van der Waals surface area contributed by atoms with Gasteiger partial charge in [-0.2, -0.15) is 13.2 Å². The Labute approximate surface area is 170 Å². The lowest BCUT2D eigenvalue weighted by Crippen LogP contribution is -2.37. The fraction of sp³-hybridized carbons (Fsp3) is 0.500. The zero-order valence-electron chi connectivity index (χ0n) is 14.6. The molecule has 1 heterocycles. The molecule has 0 bridgehead atoms. The van der Waals surface area contributed by atoms with Crippen LogP contribution >= 0.6 is 11.9 Å². The van der Waals surface area contributed by atoms with E-state index in [-0.39, 0.29) is 23.4 Å². The van der Waals surface area contributed by atoms with E-state index in [1.54, 1.807) is 0 Å². The van der Waals surface area contributed by atoms with Crippen LogP contribution in [0.1, 0.15) is 18.4 Å². The Morgan fingerprint density at radius 3 is 2.47 bits per heavy atom. The molecule has 1 aliphatic heterocycles. The Balaban J connectivity index is 2.16. The van der Waals surface area contributed by atoms with Crippen LogP contribution < -0.4 is 15.2 Å². The Hall–Kier alpha value is -2.57. The number of hydrogen-bond acceptors (Lipinski definition) is 11. The third-order valence-corrected chi connectivity index (χ3v) is 5.62. The molecule has 168 valence electrons. The zero-order valence-corrected chi connectivity index (χ0v) is 16.3. The number of nitrogens with one attached hydrogen (secondary N) is 2. The van der Waals surface area contributed by atoms with E-state index in [1.807, 2.05) is 0 Å². The molecule has 30 heavy (non-hydrogen) atoms. The van der Waals surface area contributed by atoms with Gasteiger partial charge in [-0.1, -0.05) is 0 Å². The highest BCUT2D eigenvalue weighted by molar-refractivity contribution is 7.97. The number of hydrogen-bond donors (Lipinski definition) is 3. The fourth-order valence-corrected chi connectivity index (χ4v) is 4.17. The van der Waals surface area contributed by atoms with Gasteiger partial charge in [0.25, 0.3) is 10.2 Å². The second-order valence-corrected chi connectivity index (χ2v) is 8.26. The number of anilines is 1. The SMILES string of the molecule is NS(=O)(=O)c1cc2c(cc1C(F)(F)F)NC(CCC(CO[N+](=O)[O-])O[N+](=O)[O-])NS2. The number of nitrogens with two attached hydrogens (primary N) is 1. The van der Waals surface area contributed by atoms with Crippen LogP contribution in [-0.4, -0.2) is 37.5 Å². The second kappa shape index (κ2) is 9.06. The summed E-state index contributed by atoms with van der Waals surface area (Å²) in [5, 5.41) is 26.0. The number of halogens is 3. The summed E-state index contributed by atoms with van der Waals surface area (Å²) in [6.45, 7) is -0.722. The van der Waals surface area contributed by atoms with Crippen molar-refractivity contribution < 1.29 is 41.4 Å². The maximum Gasteiger partial charge on any atom is 0.417 e. The molecule has 4 N–H and O–H groups in total. The Morgan fingerprint density at radius 2 is 1.93 bits per heavy atom. The number of sulfonamides is 1. The Bertz CT molecular complexity index is 929. The molecule has 0 aromatic heterocycles. The Morgan fingerprint density at radius 1 is 1.27 bits per heavy atom. The molecule has 1 aromatic rings. The van der Waals surface area contributed by atoms with Gasteiger partial charge in [-0.05, 0) is 36.9 Å². The molecule has 0 fully saturated rings.